The van der Waals surface area contributed by atoms with E-state index in [9.17, 15) is 9.59 Å². The third-order valence-electron chi connectivity index (χ3n) is 5.77. The quantitative estimate of drug-likeness (QED) is 0.852. The molecule has 1 aliphatic heterocycles. The van der Waals surface area contributed by atoms with Crippen LogP contribution in [0.25, 0.3) is 0 Å². The first-order valence-electron chi connectivity index (χ1n) is 9.92. The molecule has 4 nitrogen and oxygen atoms in total. The van der Waals surface area contributed by atoms with Crippen LogP contribution in [0.4, 0.5) is 0 Å². The van der Waals surface area contributed by atoms with Crippen LogP contribution in [0.15, 0.2) is 41.8 Å². The van der Waals surface area contributed by atoms with E-state index in [4.69, 9.17) is 0 Å². The van der Waals surface area contributed by atoms with E-state index in [1.165, 1.54) is 10.4 Å². The molecule has 27 heavy (non-hydrogen) atoms. The number of benzene rings is 1. The zero-order valence-electron chi connectivity index (χ0n) is 15.5. The van der Waals surface area contributed by atoms with E-state index in [1.54, 1.807) is 11.3 Å². The second-order valence-electron chi connectivity index (χ2n) is 7.47. The van der Waals surface area contributed by atoms with Crippen LogP contribution in [0.5, 0.6) is 0 Å². The maximum absolute atomic E-state index is 13.0. The molecule has 0 radical (unpaired) electrons. The first-order valence-corrected chi connectivity index (χ1v) is 10.8. The summed E-state index contributed by atoms with van der Waals surface area (Å²) in [6.07, 6.45) is 5.54. The highest BCUT2D eigenvalue weighted by molar-refractivity contribution is 7.10. The van der Waals surface area contributed by atoms with Crippen molar-refractivity contribution in [2.24, 2.45) is 5.92 Å². The van der Waals surface area contributed by atoms with Crippen molar-refractivity contribution >= 4 is 23.2 Å². The number of amides is 2. The predicted molar refractivity (Wildman–Crippen MR) is 108 cm³/mol. The van der Waals surface area contributed by atoms with Gasteiger partial charge in [0.1, 0.15) is 0 Å². The highest BCUT2D eigenvalue weighted by Gasteiger charge is 2.32. The summed E-state index contributed by atoms with van der Waals surface area (Å²) in [6, 6.07) is 12.4. The van der Waals surface area contributed by atoms with Crippen molar-refractivity contribution in [2.45, 2.75) is 44.6 Å². The molecule has 0 unspecified atom stereocenters. The molecule has 2 aliphatic rings. The van der Waals surface area contributed by atoms with Gasteiger partial charge in [-0.1, -0.05) is 43.2 Å². The number of nitrogens with one attached hydrogen (secondary N) is 1. The molecule has 1 aromatic heterocycles. The van der Waals surface area contributed by atoms with E-state index >= 15 is 0 Å². The van der Waals surface area contributed by atoms with Crippen LogP contribution >= 0.6 is 11.3 Å². The van der Waals surface area contributed by atoms with Crippen LogP contribution in [0.2, 0.25) is 0 Å². The van der Waals surface area contributed by atoms with Crippen molar-refractivity contribution in [3.63, 3.8) is 0 Å². The fourth-order valence-corrected chi connectivity index (χ4v) is 5.25. The van der Waals surface area contributed by atoms with Crippen LogP contribution in [0.1, 0.15) is 54.1 Å². The van der Waals surface area contributed by atoms with Gasteiger partial charge in [0.05, 0.1) is 6.04 Å². The fraction of sp³-hybridized carbons (Fsp3) is 0.455. The summed E-state index contributed by atoms with van der Waals surface area (Å²) in [5.41, 5.74) is 2.40. The molecule has 142 valence electrons. The Morgan fingerprint density at radius 1 is 1.11 bits per heavy atom. The largest absolute Gasteiger partial charge is 0.355 e. The lowest BCUT2D eigenvalue weighted by Gasteiger charge is -2.36. The molecule has 0 saturated heterocycles. The van der Waals surface area contributed by atoms with Crippen molar-refractivity contribution in [1.29, 1.82) is 0 Å². The van der Waals surface area contributed by atoms with Gasteiger partial charge in [-0.3, -0.25) is 9.59 Å². The molecule has 5 heteroatoms. The van der Waals surface area contributed by atoms with Crippen LogP contribution in [-0.2, 0) is 16.0 Å². The minimum atomic E-state index is -0.0146. The Kier molecular flexibility index (Phi) is 5.58. The van der Waals surface area contributed by atoms with Gasteiger partial charge in [-0.2, -0.15) is 0 Å². The Balaban J connectivity index is 1.43. The van der Waals surface area contributed by atoms with Crippen LogP contribution in [0.3, 0.4) is 0 Å². The Morgan fingerprint density at radius 3 is 2.67 bits per heavy atom. The van der Waals surface area contributed by atoms with Gasteiger partial charge in [0, 0.05) is 30.3 Å². The van der Waals surface area contributed by atoms with E-state index < -0.39 is 0 Å². The summed E-state index contributed by atoms with van der Waals surface area (Å²) >= 11 is 1.78. The van der Waals surface area contributed by atoms with E-state index in [0.29, 0.717) is 13.0 Å². The maximum Gasteiger partial charge on any atom is 0.225 e. The van der Waals surface area contributed by atoms with Crippen molar-refractivity contribution in [2.75, 3.05) is 13.1 Å². The zero-order chi connectivity index (χ0) is 18.6. The summed E-state index contributed by atoms with van der Waals surface area (Å²) in [4.78, 5) is 28.5. The molecule has 1 saturated carbocycles. The number of hydrogen-bond acceptors (Lipinski definition) is 3. The van der Waals surface area contributed by atoms with Gasteiger partial charge in [0.15, 0.2) is 0 Å². The standard InChI is InChI=1S/C22H26N2O2S/c25-20(10-13-23-22(26)17-8-4-5-9-17)24-14-11-19-18(12-15-27-19)21(24)16-6-2-1-3-7-16/h1-3,6-7,12,15,17,21H,4-5,8-11,13-14H2,(H,23,26)/t21-/m0/s1. The third kappa shape index (κ3) is 3.93. The Labute approximate surface area is 164 Å². The van der Waals surface area contributed by atoms with Crippen LogP contribution in [-0.4, -0.2) is 29.8 Å². The van der Waals surface area contributed by atoms with Crippen molar-refractivity contribution in [1.82, 2.24) is 10.2 Å². The molecule has 1 atom stereocenters. The SMILES string of the molecule is O=C(NCCC(=O)N1CCc2sccc2[C@@H]1c1ccccc1)C1CCCC1. The highest BCUT2D eigenvalue weighted by Crippen LogP contribution is 2.37. The van der Waals surface area contributed by atoms with Gasteiger partial charge in [0.25, 0.3) is 0 Å². The second-order valence-corrected chi connectivity index (χ2v) is 8.47. The van der Waals surface area contributed by atoms with Gasteiger partial charge in [-0.15, -0.1) is 11.3 Å². The lowest BCUT2D eigenvalue weighted by molar-refractivity contribution is -0.133. The average Bonchev–Trinajstić information content (AvgIpc) is 3.39. The van der Waals surface area contributed by atoms with Crippen molar-refractivity contribution in [3.05, 3.63) is 57.8 Å². The van der Waals surface area contributed by atoms with E-state index in [1.807, 2.05) is 23.1 Å². The Bertz CT molecular complexity index is 796. The molecule has 1 aromatic carbocycles. The van der Waals surface area contributed by atoms with Gasteiger partial charge in [0.2, 0.25) is 11.8 Å². The fourth-order valence-electron chi connectivity index (χ4n) is 4.35. The van der Waals surface area contributed by atoms with Gasteiger partial charge < -0.3 is 10.2 Å². The molecule has 4 rings (SSSR count). The zero-order valence-corrected chi connectivity index (χ0v) is 16.3. The summed E-state index contributed by atoms with van der Waals surface area (Å²) < 4.78 is 0. The molecule has 0 spiro atoms. The van der Waals surface area contributed by atoms with Crippen LogP contribution in [0, 0.1) is 5.92 Å². The lowest BCUT2D eigenvalue weighted by atomic mass is 9.93. The molecule has 1 fully saturated rings. The Hall–Kier alpha value is -2.14. The van der Waals surface area contributed by atoms with Gasteiger partial charge in [-0.25, -0.2) is 0 Å². The number of thiophene rings is 1. The maximum atomic E-state index is 13.0. The topological polar surface area (TPSA) is 49.4 Å². The molecule has 2 heterocycles. The second kappa shape index (κ2) is 8.26. The Morgan fingerprint density at radius 2 is 1.89 bits per heavy atom. The van der Waals surface area contributed by atoms with Crippen molar-refractivity contribution < 1.29 is 9.59 Å². The first kappa shape index (κ1) is 18.2. The average molecular weight is 383 g/mol. The lowest BCUT2D eigenvalue weighted by Crippen LogP contribution is -2.41. The molecular formula is C22H26N2O2S. The van der Waals surface area contributed by atoms with E-state index in [0.717, 1.165) is 44.2 Å². The van der Waals surface area contributed by atoms with Gasteiger partial charge >= 0.3 is 0 Å². The number of nitrogens with zero attached hydrogens (tertiary/aromatic N) is 1. The minimum Gasteiger partial charge on any atom is -0.355 e. The normalized spacial score (nSPS) is 19.7. The molecule has 1 aliphatic carbocycles. The molecule has 2 aromatic rings. The van der Waals surface area contributed by atoms with Crippen LogP contribution < -0.4 is 5.32 Å². The number of fused-ring (bicyclic) bond motifs is 1. The number of hydrogen-bond donors (Lipinski definition) is 1. The first-order chi connectivity index (χ1) is 13.2. The van der Waals surface area contributed by atoms with Gasteiger partial charge in [-0.05, 0) is 41.8 Å². The summed E-state index contributed by atoms with van der Waals surface area (Å²) in [6.45, 7) is 1.17. The summed E-state index contributed by atoms with van der Waals surface area (Å²) in [5.74, 6) is 0.395. The number of carbonyl (C=O) groups is 2. The minimum absolute atomic E-state index is 0.0146. The highest BCUT2D eigenvalue weighted by atomic mass is 32.1. The van der Waals surface area contributed by atoms with E-state index in [2.05, 4.69) is 28.9 Å². The number of carbonyl (C=O) groups excluding carboxylic acids is 2. The molecular weight excluding hydrogens is 356 g/mol. The van der Waals surface area contributed by atoms with Crippen molar-refractivity contribution in [3.8, 4) is 0 Å². The summed E-state index contributed by atoms with van der Waals surface area (Å²) in [5, 5.41) is 5.10. The monoisotopic (exact) mass is 382 g/mol. The molecule has 0 bridgehead atoms. The molecule has 1 N–H and O–H groups in total. The smallest absolute Gasteiger partial charge is 0.225 e. The predicted octanol–water partition coefficient (Wildman–Crippen LogP) is 3.92. The molecule has 2 amide bonds. The number of rotatable bonds is 5. The van der Waals surface area contributed by atoms with E-state index in [-0.39, 0.29) is 23.8 Å². The summed E-state index contributed by atoms with van der Waals surface area (Å²) in [7, 11) is 0. The third-order valence-corrected chi connectivity index (χ3v) is 6.76.